The summed E-state index contributed by atoms with van der Waals surface area (Å²) in [5, 5.41) is 2.96. The third kappa shape index (κ3) is 9.43. The molecule has 3 aromatic carbocycles. The third-order valence-corrected chi connectivity index (χ3v) is 8.34. The van der Waals surface area contributed by atoms with E-state index in [0.29, 0.717) is 5.69 Å². The van der Waals surface area contributed by atoms with Gasteiger partial charge in [0, 0.05) is 23.5 Å². The van der Waals surface area contributed by atoms with Crippen LogP contribution in [0.5, 0.6) is 0 Å². The summed E-state index contributed by atoms with van der Waals surface area (Å²) in [5.41, 5.74) is 3.04. The number of anilines is 1. The lowest BCUT2D eigenvalue weighted by atomic mass is 9.87. The molecule has 1 unspecified atom stereocenters. The fourth-order valence-electron chi connectivity index (χ4n) is 4.46. The third-order valence-electron chi connectivity index (χ3n) is 6.67. The van der Waals surface area contributed by atoms with E-state index in [-0.39, 0.29) is 30.3 Å². The van der Waals surface area contributed by atoms with Gasteiger partial charge in [-0.2, -0.15) is 0 Å². The number of hydrogen-bond acceptors (Lipinski definition) is 4. The van der Waals surface area contributed by atoms with Crippen LogP contribution in [0.2, 0.25) is 0 Å². The molecule has 3 aromatic rings. The summed E-state index contributed by atoms with van der Waals surface area (Å²) in [6, 6.07) is 23.2. The van der Waals surface area contributed by atoms with Crippen molar-refractivity contribution in [3.8, 4) is 0 Å². The molecule has 0 radical (unpaired) electrons. The zero-order valence-electron chi connectivity index (χ0n) is 24.6. The van der Waals surface area contributed by atoms with Crippen LogP contribution in [0.3, 0.4) is 0 Å². The average molecular weight is 643 g/mol. The Morgan fingerprint density at radius 1 is 0.878 bits per heavy atom. The summed E-state index contributed by atoms with van der Waals surface area (Å²) in [7, 11) is -3.82. The second-order valence-corrected chi connectivity index (χ2v) is 14.4. The highest BCUT2D eigenvalue weighted by Crippen LogP contribution is 2.26. The number of nitrogens with one attached hydrogen (secondary N) is 1. The first kappa shape index (κ1) is 32.3. The van der Waals surface area contributed by atoms with E-state index in [1.54, 1.807) is 12.1 Å². The van der Waals surface area contributed by atoms with Gasteiger partial charge in [0.1, 0.15) is 12.6 Å². The first-order chi connectivity index (χ1) is 19.1. The SMILES string of the molecule is CC(C)NC(=O)C(Cc1ccccc1)N(Cc1ccc(Br)cc1)C(=O)CN(c1ccc(C(C)(C)C)cc1)S(C)(=O)=O. The Balaban J connectivity index is 2.04. The van der Waals surface area contributed by atoms with Crippen molar-refractivity contribution in [1.82, 2.24) is 10.2 Å². The minimum absolute atomic E-state index is 0.111. The molecule has 0 aliphatic heterocycles. The predicted octanol–water partition coefficient (Wildman–Crippen LogP) is 5.68. The van der Waals surface area contributed by atoms with Crippen LogP contribution in [0, 0.1) is 0 Å². The summed E-state index contributed by atoms with van der Waals surface area (Å²) >= 11 is 3.44. The average Bonchev–Trinajstić information content (AvgIpc) is 2.89. The first-order valence-corrected chi connectivity index (χ1v) is 16.3. The molecule has 0 saturated carbocycles. The number of nitrogens with zero attached hydrogens (tertiary/aromatic N) is 2. The lowest BCUT2D eigenvalue weighted by Gasteiger charge is -2.34. The maximum absolute atomic E-state index is 14.1. The molecule has 0 aromatic heterocycles. The molecule has 0 spiro atoms. The van der Waals surface area contributed by atoms with Gasteiger partial charge < -0.3 is 10.2 Å². The van der Waals surface area contributed by atoms with Crippen LogP contribution < -0.4 is 9.62 Å². The molecule has 0 bridgehead atoms. The quantitative estimate of drug-likeness (QED) is 0.292. The topological polar surface area (TPSA) is 86.8 Å². The molecule has 0 heterocycles. The molecule has 9 heteroatoms. The number of halogens is 1. The van der Waals surface area contributed by atoms with E-state index in [0.717, 1.165) is 31.7 Å². The molecule has 1 atom stereocenters. The van der Waals surface area contributed by atoms with E-state index in [4.69, 9.17) is 0 Å². The number of sulfonamides is 1. The van der Waals surface area contributed by atoms with Gasteiger partial charge >= 0.3 is 0 Å². The zero-order chi connectivity index (χ0) is 30.4. The molecule has 7 nitrogen and oxygen atoms in total. The van der Waals surface area contributed by atoms with Crippen molar-refractivity contribution >= 4 is 43.5 Å². The summed E-state index contributed by atoms with van der Waals surface area (Å²) < 4.78 is 28.0. The molecule has 0 aliphatic rings. The highest BCUT2D eigenvalue weighted by atomic mass is 79.9. The summed E-state index contributed by atoms with van der Waals surface area (Å²) in [6.45, 7) is 9.66. The number of amides is 2. The molecule has 41 heavy (non-hydrogen) atoms. The fourth-order valence-corrected chi connectivity index (χ4v) is 5.58. The van der Waals surface area contributed by atoms with E-state index in [9.17, 15) is 18.0 Å². The van der Waals surface area contributed by atoms with Crippen LogP contribution in [0.15, 0.2) is 83.3 Å². The van der Waals surface area contributed by atoms with Crippen molar-refractivity contribution in [2.75, 3.05) is 17.1 Å². The minimum Gasteiger partial charge on any atom is -0.352 e. The molecule has 3 rings (SSSR count). The predicted molar refractivity (Wildman–Crippen MR) is 169 cm³/mol. The number of carbonyl (C=O) groups is 2. The summed E-state index contributed by atoms with van der Waals surface area (Å²) in [6.07, 6.45) is 1.37. The van der Waals surface area contributed by atoms with Crippen LogP contribution in [0.1, 0.15) is 51.3 Å². The molecule has 220 valence electrons. The van der Waals surface area contributed by atoms with Crippen molar-refractivity contribution in [1.29, 1.82) is 0 Å². The largest absolute Gasteiger partial charge is 0.352 e. The van der Waals surface area contributed by atoms with Gasteiger partial charge in [-0.25, -0.2) is 8.42 Å². The van der Waals surface area contributed by atoms with Crippen molar-refractivity contribution in [2.24, 2.45) is 0 Å². The Labute approximate surface area is 253 Å². The summed E-state index contributed by atoms with van der Waals surface area (Å²) in [5.74, 6) is -0.771. The monoisotopic (exact) mass is 641 g/mol. The second-order valence-electron chi connectivity index (χ2n) is 11.6. The van der Waals surface area contributed by atoms with Gasteiger partial charge in [0.2, 0.25) is 21.8 Å². The smallest absolute Gasteiger partial charge is 0.244 e. The Kier molecular flexibility index (Phi) is 10.8. The van der Waals surface area contributed by atoms with Crippen LogP contribution in [-0.4, -0.2) is 50.0 Å². The zero-order valence-corrected chi connectivity index (χ0v) is 27.0. The van der Waals surface area contributed by atoms with Crippen molar-refractivity contribution in [2.45, 2.75) is 65.1 Å². The molecule has 2 amide bonds. The van der Waals surface area contributed by atoms with Gasteiger partial charge in [0.15, 0.2) is 0 Å². The van der Waals surface area contributed by atoms with Crippen molar-refractivity contribution < 1.29 is 18.0 Å². The van der Waals surface area contributed by atoms with Gasteiger partial charge in [-0.3, -0.25) is 13.9 Å². The van der Waals surface area contributed by atoms with Crippen LogP contribution in [0.4, 0.5) is 5.69 Å². The van der Waals surface area contributed by atoms with E-state index < -0.39 is 28.5 Å². The number of benzene rings is 3. The first-order valence-electron chi connectivity index (χ1n) is 13.6. The van der Waals surface area contributed by atoms with Crippen LogP contribution in [0.25, 0.3) is 0 Å². The van der Waals surface area contributed by atoms with Crippen molar-refractivity contribution in [3.63, 3.8) is 0 Å². The van der Waals surface area contributed by atoms with E-state index in [2.05, 4.69) is 42.0 Å². The minimum atomic E-state index is -3.82. The maximum atomic E-state index is 14.1. The molecular weight excluding hydrogens is 602 g/mol. The fraction of sp³-hybridized carbons (Fsp3) is 0.375. The maximum Gasteiger partial charge on any atom is 0.244 e. The second kappa shape index (κ2) is 13.7. The van der Waals surface area contributed by atoms with E-state index in [1.807, 2.05) is 80.6 Å². The Morgan fingerprint density at radius 3 is 1.98 bits per heavy atom. The summed E-state index contributed by atoms with van der Waals surface area (Å²) in [4.78, 5) is 29.2. The Hall–Kier alpha value is -3.17. The lowest BCUT2D eigenvalue weighted by Crippen LogP contribution is -2.54. The molecule has 1 N–H and O–H groups in total. The molecular formula is C32H40BrN3O4S. The Morgan fingerprint density at radius 2 is 1.46 bits per heavy atom. The lowest BCUT2D eigenvalue weighted by molar-refractivity contribution is -0.140. The van der Waals surface area contributed by atoms with E-state index in [1.165, 1.54) is 4.90 Å². The highest BCUT2D eigenvalue weighted by Gasteiger charge is 2.33. The van der Waals surface area contributed by atoms with E-state index >= 15 is 0 Å². The van der Waals surface area contributed by atoms with Crippen molar-refractivity contribution in [3.05, 3.63) is 100 Å². The number of hydrogen-bond donors (Lipinski definition) is 1. The molecule has 0 aliphatic carbocycles. The van der Waals surface area contributed by atoms with Gasteiger partial charge in [-0.1, -0.05) is 91.3 Å². The standard InChI is InChI=1S/C32H40BrN3O4S/c1-23(2)34-31(38)29(20-24-10-8-7-9-11-24)35(21-25-12-16-27(33)17-13-25)30(37)22-36(41(6,39)40)28-18-14-26(15-19-28)32(3,4)5/h7-19,23,29H,20-22H2,1-6H3,(H,34,38). The van der Waals surface area contributed by atoms with Gasteiger partial charge in [0.25, 0.3) is 0 Å². The van der Waals surface area contributed by atoms with Gasteiger partial charge in [-0.05, 0) is 60.2 Å². The number of rotatable bonds is 11. The van der Waals surface area contributed by atoms with Crippen LogP contribution >= 0.6 is 15.9 Å². The highest BCUT2D eigenvalue weighted by molar-refractivity contribution is 9.10. The van der Waals surface area contributed by atoms with Gasteiger partial charge in [-0.15, -0.1) is 0 Å². The van der Waals surface area contributed by atoms with Crippen LogP contribution in [-0.2, 0) is 38.0 Å². The normalized spacial score (nSPS) is 12.6. The molecule has 0 saturated heterocycles. The Bertz CT molecular complexity index is 1420. The number of carbonyl (C=O) groups excluding carboxylic acids is 2. The molecule has 0 fully saturated rings. The van der Waals surface area contributed by atoms with Gasteiger partial charge in [0.05, 0.1) is 11.9 Å².